The fourth-order valence-corrected chi connectivity index (χ4v) is 1.77. The number of ether oxygens (including phenoxy) is 1. The number of hydrogen-bond donors (Lipinski definition) is 2. The maximum absolute atomic E-state index is 9.62. The molecule has 0 fully saturated rings. The fraction of sp³-hybridized carbons (Fsp3) is 0.455. The summed E-state index contributed by atoms with van der Waals surface area (Å²) in [5.74, 6) is 0.681. The topological polar surface area (TPSA) is 58.9 Å². The van der Waals surface area contributed by atoms with Crippen molar-refractivity contribution in [3.63, 3.8) is 0 Å². The van der Waals surface area contributed by atoms with Gasteiger partial charge < -0.3 is 19.5 Å². The van der Waals surface area contributed by atoms with E-state index in [0.717, 1.165) is 23.9 Å². The predicted molar refractivity (Wildman–Crippen MR) is 60.7 cm³/mol. The molecule has 0 saturated carbocycles. The first-order valence-electron chi connectivity index (χ1n) is 5.48. The van der Waals surface area contributed by atoms with Crippen molar-refractivity contribution in [2.75, 3.05) is 13.2 Å². The Labute approximate surface area is 95.0 Å². The van der Waals surface area contributed by atoms with Gasteiger partial charge in [-0.05, 0) is 24.5 Å². The molecule has 0 saturated heterocycles. The van der Waals surface area contributed by atoms with Crippen molar-refractivity contribution in [1.82, 2.24) is 0 Å². The van der Waals surface area contributed by atoms with Crippen LogP contribution in [-0.2, 0) is 11.3 Å². The predicted octanol–water partition coefficient (Wildman–Crippen LogP) is 0.0556. The molecule has 2 rings (SSSR count). The minimum Gasteiger partial charge on any atom is -0.494 e. The summed E-state index contributed by atoms with van der Waals surface area (Å²) in [4.78, 5) is 0. The highest BCUT2D eigenvalue weighted by Crippen LogP contribution is 2.18. The molecule has 0 atom stereocenters. The van der Waals surface area contributed by atoms with Crippen LogP contribution in [0.5, 0.6) is 5.75 Å². The number of benzene rings is 1. The first kappa shape index (κ1) is 11.5. The lowest BCUT2D eigenvalue weighted by molar-refractivity contribution is 0.253. The van der Waals surface area contributed by atoms with Gasteiger partial charge in [-0.3, -0.25) is 0 Å². The van der Waals surface area contributed by atoms with Crippen LogP contribution in [0.1, 0.15) is 18.4 Å². The largest absolute Gasteiger partial charge is 0.495 e. The highest BCUT2D eigenvalue weighted by atomic mass is 16.5. The van der Waals surface area contributed by atoms with Gasteiger partial charge in [-0.15, -0.1) is 0 Å². The monoisotopic (exact) mass is 222 g/mol. The van der Waals surface area contributed by atoms with Crippen LogP contribution in [0.25, 0.3) is 0 Å². The first-order valence-corrected chi connectivity index (χ1v) is 5.48. The van der Waals surface area contributed by atoms with Crippen LogP contribution in [0.3, 0.4) is 0 Å². The number of rotatable bonds is 5. The van der Waals surface area contributed by atoms with E-state index in [1.165, 1.54) is 0 Å². The lowest BCUT2D eigenvalue weighted by Crippen LogP contribution is -2.30. The lowest BCUT2D eigenvalue weighted by Gasteiger charge is -2.10. The van der Waals surface area contributed by atoms with Crippen LogP contribution in [0.15, 0.2) is 18.2 Å². The van der Waals surface area contributed by atoms with E-state index in [1.807, 2.05) is 18.2 Å². The van der Waals surface area contributed by atoms with Gasteiger partial charge in [0.05, 0.1) is 13.2 Å². The second kappa shape index (κ2) is 5.34. The van der Waals surface area contributed by atoms with Gasteiger partial charge in [-0.25, -0.2) is 0 Å². The molecule has 86 valence electrons. The fourth-order valence-electron chi connectivity index (χ4n) is 1.77. The van der Waals surface area contributed by atoms with E-state index in [4.69, 9.17) is 14.5 Å². The molecule has 5 heteroatoms. The Morgan fingerprint density at radius 3 is 3.06 bits per heavy atom. The quantitative estimate of drug-likeness (QED) is 0.546. The second-order valence-corrected chi connectivity index (χ2v) is 3.77. The average Bonchev–Trinajstić information content (AvgIpc) is 2.68. The normalized spacial score (nSPS) is 14.0. The summed E-state index contributed by atoms with van der Waals surface area (Å²) in [6.07, 6.45) is 1.53. The van der Waals surface area contributed by atoms with Gasteiger partial charge >= 0.3 is 7.12 Å². The number of fused-ring (bicyclic) bond motifs is 1. The van der Waals surface area contributed by atoms with Crippen LogP contribution in [0, 0.1) is 0 Å². The average molecular weight is 222 g/mol. The number of aliphatic hydroxyl groups excluding tert-OH is 1. The Morgan fingerprint density at radius 2 is 2.25 bits per heavy atom. The van der Waals surface area contributed by atoms with Crippen LogP contribution < -0.4 is 10.2 Å². The van der Waals surface area contributed by atoms with Gasteiger partial charge in [-0.1, -0.05) is 12.1 Å². The van der Waals surface area contributed by atoms with Gasteiger partial charge in [0.1, 0.15) is 5.75 Å². The minimum absolute atomic E-state index is 0.183. The summed E-state index contributed by atoms with van der Waals surface area (Å²) in [5, 5.41) is 18.3. The standard InChI is InChI=1S/C11H15BO4/c13-6-1-2-7-15-10-5-3-4-9-8-16-12(14)11(9)10/h3-5,13-14H,1-2,6-8H2. The van der Waals surface area contributed by atoms with Gasteiger partial charge in [0, 0.05) is 12.1 Å². The van der Waals surface area contributed by atoms with Crippen LogP contribution in [-0.4, -0.2) is 30.5 Å². The second-order valence-electron chi connectivity index (χ2n) is 3.77. The summed E-state index contributed by atoms with van der Waals surface area (Å²) in [6, 6.07) is 5.64. The molecule has 1 aromatic carbocycles. The molecule has 1 aromatic rings. The molecular formula is C11H15BO4. The summed E-state index contributed by atoms with van der Waals surface area (Å²) in [7, 11) is -0.871. The van der Waals surface area contributed by atoms with Crippen LogP contribution in [0.2, 0.25) is 0 Å². The van der Waals surface area contributed by atoms with Crippen LogP contribution in [0.4, 0.5) is 0 Å². The molecule has 0 unspecified atom stereocenters. The van der Waals surface area contributed by atoms with E-state index >= 15 is 0 Å². The molecule has 16 heavy (non-hydrogen) atoms. The third-order valence-corrected chi connectivity index (χ3v) is 2.61. The highest BCUT2D eigenvalue weighted by Gasteiger charge is 2.30. The van der Waals surface area contributed by atoms with Crippen molar-refractivity contribution >= 4 is 12.6 Å². The molecular weight excluding hydrogens is 207 g/mol. The third-order valence-electron chi connectivity index (χ3n) is 2.61. The zero-order valence-electron chi connectivity index (χ0n) is 9.06. The highest BCUT2D eigenvalue weighted by molar-refractivity contribution is 6.62. The summed E-state index contributed by atoms with van der Waals surface area (Å²) in [6.45, 7) is 1.16. The van der Waals surface area contributed by atoms with Gasteiger partial charge in [0.15, 0.2) is 0 Å². The Kier molecular flexibility index (Phi) is 3.82. The van der Waals surface area contributed by atoms with E-state index in [-0.39, 0.29) is 6.61 Å². The molecule has 0 radical (unpaired) electrons. The molecule has 0 spiro atoms. The zero-order chi connectivity index (χ0) is 11.4. The van der Waals surface area contributed by atoms with Gasteiger partial charge in [-0.2, -0.15) is 0 Å². The van der Waals surface area contributed by atoms with E-state index in [1.54, 1.807) is 0 Å². The maximum atomic E-state index is 9.62. The van der Waals surface area contributed by atoms with E-state index in [0.29, 0.717) is 19.0 Å². The number of aliphatic hydroxyl groups is 1. The van der Waals surface area contributed by atoms with E-state index in [2.05, 4.69) is 0 Å². The number of hydrogen-bond acceptors (Lipinski definition) is 4. The Bertz CT molecular complexity index is 356. The van der Waals surface area contributed by atoms with Crippen LogP contribution >= 0.6 is 0 Å². The zero-order valence-corrected chi connectivity index (χ0v) is 9.06. The number of unbranched alkanes of at least 4 members (excludes halogenated alkanes) is 1. The summed E-state index contributed by atoms with van der Waals surface area (Å²) in [5.41, 5.74) is 1.72. The van der Waals surface area contributed by atoms with Crippen molar-refractivity contribution in [2.45, 2.75) is 19.4 Å². The van der Waals surface area contributed by atoms with Crippen molar-refractivity contribution in [1.29, 1.82) is 0 Å². The Balaban J connectivity index is 2.02. The molecule has 1 aliphatic rings. The molecule has 4 nitrogen and oxygen atoms in total. The van der Waals surface area contributed by atoms with E-state index < -0.39 is 7.12 Å². The molecule has 0 bridgehead atoms. The van der Waals surface area contributed by atoms with E-state index in [9.17, 15) is 5.02 Å². The molecule has 1 aliphatic heterocycles. The molecule has 2 N–H and O–H groups in total. The SMILES string of the molecule is OCCCCOc1cccc2c1B(O)OC2. The van der Waals surface area contributed by atoms with Gasteiger partial charge in [0.25, 0.3) is 0 Å². The minimum atomic E-state index is -0.871. The molecule has 0 amide bonds. The van der Waals surface area contributed by atoms with Crippen molar-refractivity contribution in [3.8, 4) is 5.75 Å². The maximum Gasteiger partial charge on any atom is 0.495 e. The van der Waals surface area contributed by atoms with Crippen molar-refractivity contribution in [3.05, 3.63) is 23.8 Å². The van der Waals surface area contributed by atoms with Gasteiger partial charge in [0.2, 0.25) is 0 Å². The lowest BCUT2D eigenvalue weighted by atomic mass is 9.79. The van der Waals surface area contributed by atoms with Crippen molar-refractivity contribution in [2.24, 2.45) is 0 Å². The Hall–Kier alpha value is -1.04. The summed E-state index contributed by atoms with van der Waals surface area (Å²) >= 11 is 0. The van der Waals surface area contributed by atoms with Crippen molar-refractivity contribution < 1.29 is 19.5 Å². The molecule has 1 heterocycles. The summed E-state index contributed by atoms with van der Waals surface area (Å²) < 4.78 is 10.7. The Morgan fingerprint density at radius 1 is 1.38 bits per heavy atom. The molecule has 0 aromatic heterocycles. The smallest absolute Gasteiger partial charge is 0.494 e. The molecule has 0 aliphatic carbocycles. The first-order chi connectivity index (χ1) is 7.83. The third kappa shape index (κ3) is 2.37.